The highest BCUT2D eigenvalue weighted by atomic mass is 79.9. The van der Waals surface area contributed by atoms with Crippen molar-refractivity contribution in [3.05, 3.63) is 40.4 Å². The second kappa shape index (κ2) is 4.31. The van der Waals surface area contributed by atoms with Gasteiger partial charge < -0.3 is 5.73 Å². The molecule has 0 unspecified atom stereocenters. The quantitative estimate of drug-likeness (QED) is 0.901. The number of carbonyl (C=O) groups excluding carboxylic acids is 1. The molecule has 0 spiro atoms. The smallest absolute Gasteiger partial charge is 0.279 e. The van der Waals surface area contributed by atoms with Crippen molar-refractivity contribution in [2.75, 3.05) is 0 Å². The fraction of sp³-hybridized carbons (Fsp3) is 0.167. The van der Waals surface area contributed by atoms with Gasteiger partial charge in [0.1, 0.15) is 0 Å². The number of nitrogens with zero attached hydrogens (tertiary/aromatic N) is 1. The summed E-state index contributed by atoms with van der Waals surface area (Å²) in [6, 6.07) is 9.20. The zero-order chi connectivity index (χ0) is 11.7. The summed E-state index contributed by atoms with van der Waals surface area (Å²) < 4.78 is 0.707. The molecule has 0 aliphatic carbocycles. The molecule has 3 nitrogen and oxygen atoms in total. The van der Waals surface area contributed by atoms with Crippen LogP contribution in [0.3, 0.4) is 0 Å². The number of benzene rings is 1. The van der Waals surface area contributed by atoms with Gasteiger partial charge in [0.05, 0.1) is 15.8 Å². The summed E-state index contributed by atoms with van der Waals surface area (Å²) in [6.45, 7) is 1.81. The van der Waals surface area contributed by atoms with Crippen LogP contribution in [0.15, 0.2) is 39.8 Å². The Hall–Kier alpha value is -1.26. The Labute approximate surface area is 102 Å². The van der Waals surface area contributed by atoms with Crippen LogP contribution in [-0.4, -0.2) is 17.7 Å². The molecule has 0 bridgehead atoms. The van der Waals surface area contributed by atoms with Gasteiger partial charge in [-0.15, -0.1) is 0 Å². The summed E-state index contributed by atoms with van der Waals surface area (Å²) in [5.41, 5.74) is 7.81. The van der Waals surface area contributed by atoms with Crippen LogP contribution in [-0.2, 0) is 4.79 Å². The van der Waals surface area contributed by atoms with Crippen LogP contribution >= 0.6 is 15.9 Å². The minimum atomic E-state index is -0.250. The predicted octanol–water partition coefficient (Wildman–Crippen LogP) is 2.12. The average molecular weight is 279 g/mol. The van der Waals surface area contributed by atoms with Crippen LogP contribution < -0.4 is 5.73 Å². The molecule has 2 rings (SSSR count). The van der Waals surface area contributed by atoms with Gasteiger partial charge in [0.25, 0.3) is 5.91 Å². The zero-order valence-electron chi connectivity index (χ0n) is 8.77. The molecule has 1 aromatic rings. The van der Waals surface area contributed by atoms with Crippen molar-refractivity contribution < 1.29 is 4.79 Å². The van der Waals surface area contributed by atoms with E-state index in [9.17, 15) is 4.79 Å². The van der Waals surface area contributed by atoms with Gasteiger partial charge in [-0.3, -0.25) is 4.79 Å². The number of nitrogens with two attached hydrogens (primary N) is 1. The third-order valence-corrected chi connectivity index (χ3v) is 3.18. The molecular weight excluding hydrogens is 268 g/mol. The Morgan fingerprint density at radius 2 is 1.94 bits per heavy atom. The fourth-order valence-corrected chi connectivity index (χ4v) is 2.44. The summed E-state index contributed by atoms with van der Waals surface area (Å²) in [5.74, 6) is -0.231. The Morgan fingerprint density at radius 1 is 1.31 bits per heavy atom. The lowest BCUT2D eigenvalue weighted by atomic mass is 10.0. The largest absolute Gasteiger partial charge is 0.323 e. The van der Waals surface area contributed by atoms with Gasteiger partial charge >= 0.3 is 0 Å². The molecule has 4 heteroatoms. The maximum atomic E-state index is 11.8. The van der Waals surface area contributed by atoms with Crippen LogP contribution in [0.25, 0.3) is 5.57 Å². The van der Waals surface area contributed by atoms with Crippen LogP contribution in [0.2, 0.25) is 0 Å². The highest BCUT2D eigenvalue weighted by molar-refractivity contribution is 9.12. The van der Waals surface area contributed by atoms with Crippen molar-refractivity contribution in [3.63, 3.8) is 0 Å². The third kappa shape index (κ3) is 1.86. The highest BCUT2D eigenvalue weighted by Gasteiger charge is 2.27. The number of rotatable bonds is 2. The van der Waals surface area contributed by atoms with E-state index in [-0.39, 0.29) is 11.9 Å². The second-order valence-electron chi connectivity index (χ2n) is 3.65. The van der Waals surface area contributed by atoms with Gasteiger partial charge in [-0.25, -0.2) is 4.99 Å². The number of carbonyl (C=O) groups is 1. The Kier molecular flexibility index (Phi) is 3.03. The Balaban J connectivity index is 2.49. The molecule has 1 aliphatic heterocycles. The van der Waals surface area contributed by atoms with Gasteiger partial charge in [-0.1, -0.05) is 30.3 Å². The van der Waals surface area contributed by atoms with E-state index in [0.717, 1.165) is 5.56 Å². The molecule has 0 saturated carbocycles. The lowest BCUT2D eigenvalue weighted by Gasteiger charge is -2.04. The van der Waals surface area contributed by atoms with Crippen molar-refractivity contribution in [1.82, 2.24) is 0 Å². The molecule has 1 atom stereocenters. The lowest BCUT2D eigenvalue weighted by molar-refractivity contribution is -0.112. The summed E-state index contributed by atoms with van der Waals surface area (Å²) in [6.07, 6.45) is 0. The van der Waals surface area contributed by atoms with E-state index < -0.39 is 0 Å². The van der Waals surface area contributed by atoms with Gasteiger partial charge in [0, 0.05) is 6.04 Å². The third-order valence-electron chi connectivity index (χ3n) is 2.37. The lowest BCUT2D eigenvalue weighted by Crippen LogP contribution is -2.25. The van der Waals surface area contributed by atoms with Crippen LogP contribution in [0.5, 0.6) is 0 Å². The van der Waals surface area contributed by atoms with Crippen molar-refractivity contribution >= 4 is 33.1 Å². The molecule has 0 radical (unpaired) electrons. The number of hydrogen-bond donors (Lipinski definition) is 1. The van der Waals surface area contributed by atoms with E-state index in [1.54, 1.807) is 6.92 Å². The Bertz CT molecular complexity index is 489. The molecule has 1 aromatic carbocycles. The first-order valence-corrected chi connectivity index (χ1v) is 5.74. The second-order valence-corrected chi connectivity index (χ2v) is 4.44. The highest BCUT2D eigenvalue weighted by Crippen LogP contribution is 2.30. The summed E-state index contributed by atoms with van der Waals surface area (Å²) in [7, 11) is 0. The van der Waals surface area contributed by atoms with E-state index in [4.69, 9.17) is 5.73 Å². The van der Waals surface area contributed by atoms with Gasteiger partial charge in [-0.2, -0.15) is 0 Å². The first-order chi connectivity index (χ1) is 7.61. The average Bonchev–Trinajstić information content (AvgIpc) is 2.56. The van der Waals surface area contributed by atoms with Crippen molar-refractivity contribution in [3.8, 4) is 0 Å². The first-order valence-electron chi connectivity index (χ1n) is 4.95. The minimum Gasteiger partial charge on any atom is -0.323 e. The van der Waals surface area contributed by atoms with Crippen molar-refractivity contribution in [1.29, 1.82) is 0 Å². The normalized spacial score (nSPS) is 17.7. The summed E-state index contributed by atoms with van der Waals surface area (Å²) in [5, 5.41) is 0. The molecule has 16 heavy (non-hydrogen) atoms. The molecule has 1 amide bonds. The molecular formula is C12H11BrN2O. The summed E-state index contributed by atoms with van der Waals surface area (Å²) in [4.78, 5) is 15.7. The molecule has 82 valence electrons. The first kappa shape index (κ1) is 11.2. The van der Waals surface area contributed by atoms with Crippen LogP contribution in [0, 0.1) is 0 Å². The van der Waals surface area contributed by atoms with E-state index >= 15 is 0 Å². The number of hydrogen-bond acceptors (Lipinski definition) is 2. The van der Waals surface area contributed by atoms with Gasteiger partial charge in [0.2, 0.25) is 0 Å². The molecule has 1 aliphatic rings. The van der Waals surface area contributed by atoms with E-state index in [0.29, 0.717) is 15.8 Å². The molecule has 0 fully saturated rings. The molecule has 0 aromatic heterocycles. The van der Waals surface area contributed by atoms with E-state index in [2.05, 4.69) is 20.9 Å². The topological polar surface area (TPSA) is 55.4 Å². The van der Waals surface area contributed by atoms with Gasteiger partial charge in [-0.05, 0) is 28.4 Å². The van der Waals surface area contributed by atoms with Crippen molar-refractivity contribution in [2.24, 2.45) is 10.7 Å². The Morgan fingerprint density at radius 3 is 2.44 bits per heavy atom. The van der Waals surface area contributed by atoms with Crippen LogP contribution in [0.4, 0.5) is 0 Å². The SMILES string of the molecule is C[C@H](N)C1=NC(=O)C(c2ccccc2)=C1Br. The summed E-state index contributed by atoms with van der Waals surface area (Å²) >= 11 is 3.40. The van der Waals surface area contributed by atoms with Crippen molar-refractivity contribution in [2.45, 2.75) is 13.0 Å². The van der Waals surface area contributed by atoms with Crippen LogP contribution in [0.1, 0.15) is 12.5 Å². The minimum absolute atomic E-state index is 0.231. The standard InChI is InChI=1S/C12H11BrN2O/c1-7(14)11-10(13)9(12(16)15-11)8-5-3-2-4-6-8/h2-7H,14H2,1H3/t7-/m0/s1. The maximum absolute atomic E-state index is 11.8. The monoisotopic (exact) mass is 278 g/mol. The van der Waals surface area contributed by atoms with E-state index in [1.165, 1.54) is 0 Å². The predicted molar refractivity (Wildman–Crippen MR) is 68.4 cm³/mol. The number of amides is 1. The zero-order valence-corrected chi connectivity index (χ0v) is 10.4. The molecule has 0 saturated heterocycles. The maximum Gasteiger partial charge on any atom is 0.279 e. The molecule has 1 heterocycles. The number of halogens is 1. The van der Waals surface area contributed by atoms with E-state index in [1.807, 2.05) is 30.3 Å². The number of aliphatic imine (C=N–C) groups is 1. The van der Waals surface area contributed by atoms with Gasteiger partial charge in [0.15, 0.2) is 0 Å². The molecule has 2 N–H and O–H groups in total. The fourth-order valence-electron chi connectivity index (χ4n) is 1.59.